The number of benzene rings is 2. The minimum absolute atomic E-state index is 0.934. The average Bonchev–Trinajstić information content (AvgIpc) is 2.49. The first-order valence-corrected chi connectivity index (χ1v) is 6.55. The third-order valence-corrected chi connectivity index (χ3v) is 3.33. The van der Waals surface area contributed by atoms with Crippen LogP contribution in [0.4, 0.5) is 0 Å². The molecule has 2 rings (SSSR count). The van der Waals surface area contributed by atoms with Crippen molar-refractivity contribution >= 4 is 5.70 Å². The van der Waals surface area contributed by atoms with Crippen molar-refractivity contribution < 1.29 is 0 Å². The molecule has 0 aliphatic carbocycles. The zero-order chi connectivity index (χ0) is 13.7. The largest absolute Gasteiger partial charge is 0.403 e. The monoisotopic (exact) mass is 252 g/mol. The molecule has 0 unspecified atom stereocenters. The van der Waals surface area contributed by atoms with Gasteiger partial charge in [-0.05, 0) is 23.6 Å². The van der Waals surface area contributed by atoms with Crippen molar-refractivity contribution in [1.29, 1.82) is 0 Å². The molecule has 2 nitrogen and oxygen atoms in total. The molecule has 0 amide bonds. The molecule has 2 aromatic carbocycles. The van der Waals surface area contributed by atoms with Gasteiger partial charge in [0.1, 0.15) is 0 Å². The highest BCUT2D eigenvalue weighted by Gasteiger charge is 2.05. The summed E-state index contributed by atoms with van der Waals surface area (Å²) in [5.74, 6) is 0. The molecule has 0 aromatic heterocycles. The molecular weight excluding hydrogens is 232 g/mol. The Morgan fingerprint density at radius 3 is 2.11 bits per heavy atom. The second-order valence-electron chi connectivity index (χ2n) is 4.51. The van der Waals surface area contributed by atoms with Crippen molar-refractivity contribution in [3.05, 3.63) is 66.4 Å². The van der Waals surface area contributed by atoms with Gasteiger partial charge in [0.05, 0.1) is 5.70 Å². The van der Waals surface area contributed by atoms with Crippen LogP contribution in [0.3, 0.4) is 0 Å². The first-order chi connectivity index (χ1) is 9.26. The first kappa shape index (κ1) is 13.2. The van der Waals surface area contributed by atoms with Crippen LogP contribution >= 0.6 is 0 Å². The lowest BCUT2D eigenvalue weighted by atomic mass is 10.0. The van der Waals surface area contributed by atoms with Gasteiger partial charge in [-0.25, -0.2) is 0 Å². The maximum atomic E-state index is 5.73. The molecule has 0 saturated heterocycles. The molecule has 98 valence electrons. The molecule has 0 saturated carbocycles. The third kappa shape index (κ3) is 2.97. The Labute approximate surface area is 115 Å². The zero-order valence-electron chi connectivity index (χ0n) is 11.5. The number of nitrogens with two attached hydrogens (primary N) is 1. The highest BCUT2D eigenvalue weighted by Crippen LogP contribution is 2.23. The summed E-state index contributed by atoms with van der Waals surface area (Å²) in [5, 5.41) is 0. The molecule has 0 aliphatic heterocycles. The van der Waals surface area contributed by atoms with Crippen molar-refractivity contribution in [2.45, 2.75) is 6.92 Å². The molecule has 0 radical (unpaired) electrons. The van der Waals surface area contributed by atoms with E-state index in [9.17, 15) is 0 Å². The lowest BCUT2D eigenvalue weighted by Crippen LogP contribution is -2.16. The number of nitrogens with zero attached hydrogens (tertiary/aromatic N) is 1. The van der Waals surface area contributed by atoms with Gasteiger partial charge < -0.3 is 10.6 Å². The summed E-state index contributed by atoms with van der Waals surface area (Å²) in [4.78, 5) is 2.14. The number of hydrogen-bond donors (Lipinski definition) is 1. The van der Waals surface area contributed by atoms with E-state index in [2.05, 4.69) is 60.4 Å². The fourth-order valence-corrected chi connectivity index (χ4v) is 2.08. The van der Waals surface area contributed by atoms with Crippen LogP contribution in [0, 0.1) is 0 Å². The second-order valence-corrected chi connectivity index (χ2v) is 4.51. The number of rotatable bonds is 4. The summed E-state index contributed by atoms with van der Waals surface area (Å²) in [7, 11) is 2.05. The van der Waals surface area contributed by atoms with Crippen molar-refractivity contribution in [3.8, 4) is 11.1 Å². The zero-order valence-corrected chi connectivity index (χ0v) is 11.5. The van der Waals surface area contributed by atoms with Crippen LogP contribution in [0.1, 0.15) is 12.5 Å². The predicted octanol–water partition coefficient (Wildman–Crippen LogP) is 3.56. The third-order valence-electron chi connectivity index (χ3n) is 3.33. The molecule has 0 aliphatic rings. The van der Waals surface area contributed by atoms with E-state index in [-0.39, 0.29) is 0 Å². The Hall–Kier alpha value is -2.22. The van der Waals surface area contributed by atoms with Crippen LogP contribution in [0.2, 0.25) is 0 Å². The summed E-state index contributed by atoms with van der Waals surface area (Å²) in [6.07, 6.45) is 1.67. The van der Waals surface area contributed by atoms with Gasteiger partial charge in [-0.15, -0.1) is 0 Å². The maximum Gasteiger partial charge on any atom is 0.0594 e. The van der Waals surface area contributed by atoms with E-state index in [4.69, 9.17) is 5.73 Å². The molecule has 0 atom stereocenters. The predicted molar refractivity (Wildman–Crippen MR) is 82.3 cm³/mol. The van der Waals surface area contributed by atoms with Crippen molar-refractivity contribution in [3.63, 3.8) is 0 Å². The molecular formula is C17H20N2. The number of hydrogen-bond acceptors (Lipinski definition) is 2. The van der Waals surface area contributed by atoms with E-state index in [1.54, 1.807) is 6.20 Å². The average molecular weight is 252 g/mol. The summed E-state index contributed by atoms with van der Waals surface area (Å²) >= 11 is 0. The topological polar surface area (TPSA) is 29.3 Å². The van der Waals surface area contributed by atoms with Crippen LogP contribution < -0.4 is 5.73 Å². The van der Waals surface area contributed by atoms with Gasteiger partial charge in [0.25, 0.3) is 0 Å². The van der Waals surface area contributed by atoms with Crippen molar-refractivity contribution in [2.24, 2.45) is 5.73 Å². The van der Waals surface area contributed by atoms with Crippen LogP contribution in [-0.4, -0.2) is 18.5 Å². The molecule has 19 heavy (non-hydrogen) atoms. The van der Waals surface area contributed by atoms with Gasteiger partial charge in [0.15, 0.2) is 0 Å². The lowest BCUT2D eigenvalue weighted by molar-refractivity contribution is 0.508. The molecule has 2 aromatic rings. The van der Waals surface area contributed by atoms with Crippen LogP contribution in [0.5, 0.6) is 0 Å². The lowest BCUT2D eigenvalue weighted by Gasteiger charge is -2.20. The Kier molecular flexibility index (Phi) is 4.24. The van der Waals surface area contributed by atoms with Crippen molar-refractivity contribution in [2.75, 3.05) is 13.6 Å². The van der Waals surface area contributed by atoms with Gasteiger partial charge in [-0.2, -0.15) is 0 Å². The maximum absolute atomic E-state index is 5.73. The highest BCUT2D eigenvalue weighted by atomic mass is 15.1. The van der Waals surface area contributed by atoms with Crippen molar-refractivity contribution in [1.82, 2.24) is 4.90 Å². The van der Waals surface area contributed by atoms with Gasteiger partial charge in [-0.3, -0.25) is 0 Å². The Balaban J connectivity index is 2.28. The summed E-state index contributed by atoms with van der Waals surface area (Å²) in [6, 6.07) is 18.9. The van der Waals surface area contributed by atoms with E-state index >= 15 is 0 Å². The SMILES string of the molecule is CCN(C)/C(=C\N)c1ccc(-c2ccccc2)cc1. The summed E-state index contributed by atoms with van der Waals surface area (Å²) in [5.41, 5.74) is 10.4. The van der Waals surface area contributed by atoms with Gasteiger partial charge in [-0.1, -0.05) is 54.6 Å². The van der Waals surface area contributed by atoms with Gasteiger partial charge in [0, 0.05) is 19.8 Å². The molecule has 0 heterocycles. The molecule has 2 heteroatoms. The highest BCUT2D eigenvalue weighted by molar-refractivity contribution is 5.69. The standard InChI is InChI=1S/C17H20N2/c1-3-19(2)17(13-18)16-11-9-15(10-12-16)14-7-5-4-6-8-14/h4-13H,3,18H2,1-2H3/b17-13-. The van der Waals surface area contributed by atoms with Gasteiger partial charge >= 0.3 is 0 Å². The fraction of sp³-hybridized carbons (Fsp3) is 0.176. The Morgan fingerprint density at radius 2 is 1.58 bits per heavy atom. The van der Waals surface area contributed by atoms with E-state index in [0.717, 1.165) is 17.8 Å². The Morgan fingerprint density at radius 1 is 1.00 bits per heavy atom. The quantitative estimate of drug-likeness (QED) is 0.901. The smallest absolute Gasteiger partial charge is 0.0594 e. The van der Waals surface area contributed by atoms with Crippen LogP contribution in [0.15, 0.2) is 60.8 Å². The van der Waals surface area contributed by atoms with E-state index in [1.807, 2.05) is 13.1 Å². The minimum Gasteiger partial charge on any atom is -0.403 e. The second kappa shape index (κ2) is 6.10. The Bertz CT molecular complexity index is 541. The van der Waals surface area contributed by atoms with Gasteiger partial charge in [0.2, 0.25) is 0 Å². The molecule has 0 bridgehead atoms. The van der Waals surface area contributed by atoms with E-state index in [1.165, 1.54) is 11.1 Å². The van der Waals surface area contributed by atoms with Crippen LogP contribution in [-0.2, 0) is 0 Å². The summed E-state index contributed by atoms with van der Waals surface area (Å²) < 4.78 is 0. The summed E-state index contributed by atoms with van der Waals surface area (Å²) in [6.45, 7) is 3.05. The minimum atomic E-state index is 0.934. The fourth-order valence-electron chi connectivity index (χ4n) is 2.08. The normalized spacial score (nSPS) is 11.4. The van der Waals surface area contributed by atoms with Crippen LogP contribution in [0.25, 0.3) is 16.8 Å². The van der Waals surface area contributed by atoms with E-state index < -0.39 is 0 Å². The van der Waals surface area contributed by atoms with E-state index in [0.29, 0.717) is 0 Å². The molecule has 0 fully saturated rings. The first-order valence-electron chi connectivity index (χ1n) is 6.55. The molecule has 2 N–H and O–H groups in total. The molecule has 0 spiro atoms.